The fraction of sp³-hybridized carbons (Fsp3) is 0.533. The average Bonchev–Trinajstić information content (AvgIpc) is 2.52. The lowest BCUT2D eigenvalue weighted by atomic mass is 9.98. The van der Waals surface area contributed by atoms with E-state index in [2.05, 4.69) is 10.6 Å². The van der Waals surface area contributed by atoms with Crippen LogP contribution in [0.15, 0.2) is 18.2 Å². The predicted molar refractivity (Wildman–Crippen MR) is 74.2 cm³/mol. The maximum atomic E-state index is 12.8. The van der Waals surface area contributed by atoms with Gasteiger partial charge in [0.15, 0.2) is 0 Å². The Kier molecular flexibility index (Phi) is 5.39. The topological polar surface area (TPSA) is 41.1 Å². The molecule has 22 heavy (non-hydrogen) atoms. The van der Waals surface area contributed by atoms with E-state index in [9.17, 15) is 22.4 Å². The number of alkyl halides is 4. The van der Waals surface area contributed by atoms with E-state index in [0.29, 0.717) is 12.5 Å². The Bertz CT molecular complexity index is 525. The van der Waals surface area contributed by atoms with Crippen molar-refractivity contribution in [3.05, 3.63) is 34.9 Å². The second kappa shape index (κ2) is 7.09. The molecule has 1 aromatic rings. The van der Waals surface area contributed by atoms with E-state index in [4.69, 9.17) is 0 Å². The van der Waals surface area contributed by atoms with Gasteiger partial charge < -0.3 is 10.6 Å². The molecule has 1 aliphatic heterocycles. The predicted octanol–water partition coefficient (Wildman–Crippen LogP) is 2.90. The first-order valence-corrected chi connectivity index (χ1v) is 7.16. The first-order chi connectivity index (χ1) is 10.4. The van der Waals surface area contributed by atoms with E-state index in [1.54, 1.807) is 0 Å². The fourth-order valence-corrected chi connectivity index (χ4v) is 2.49. The third-order valence-electron chi connectivity index (χ3n) is 3.75. The minimum atomic E-state index is -4.60. The van der Waals surface area contributed by atoms with Gasteiger partial charge in [-0.1, -0.05) is 0 Å². The first kappa shape index (κ1) is 16.7. The van der Waals surface area contributed by atoms with Crippen LogP contribution in [0.5, 0.6) is 0 Å². The maximum Gasteiger partial charge on any atom is 0.416 e. The highest BCUT2D eigenvalue weighted by Gasteiger charge is 2.31. The van der Waals surface area contributed by atoms with Crippen molar-refractivity contribution in [2.75, 3.05) is 19.6 Å². The van der Waals surface area contributed by atoms with Gasteiger partial charge in [0.25, 0.3) is 5.91 Å². The summed E-state index contributed by atoms with van der Waals surface area (Å²) >= 11 is 0. The van der Waals surface area contributed by atoms with E-state index >= 15 is 0 Å². The van der Waals surface area contributed by atoms with Crippen LogP contribution in [0, 0.1) is 5.92 Å². The number of hydrogen-bond acceptors (Lipinski definition) is 2. The number of carbonyl (C=O) groups excluding carboxylic acids is 1. The quantitative estimate of drug-likeness (QED) is 0.838. The summed E-state index contributed by atoms with van der Waals surface area (Å²) in [6.45, 7) is 1.12. The summed E-state index contributed by atoms with van der Waals surface area (Å²) < 4.78 is 51.0. The van der Waals surface area contributed by atoms with Gasteiger partial charge >= 0.3 is 6.18 Å². The van der Waals surface area contributed by atoms with E-state index in [1.165, 1.54) is 0 Å². The molecule has 1 aliphatic rings. The Balaban J connectivity index is 2.07. The first-order valence-electron chi connectivity index (χ1n) is 7.16. The molecule has 1 saturated heterocycles. The Morgan fingerprint density at radius 3 is 2.50 bits per heavy atom. The smallest absolute Gasteiger partial charge is 0.352 e. The zero-order valence-corrected chi connectivity index (χ0v) is 12.0. The molecule has 122 valence electrons. The molecule has 0 atom stereocenters. The second-order valence-electron chi connectivity index (χ2n) is 5.45. The standard InChI is InChI=1S/C15H18F4N2O/c16-8-11-5-12(7-13(6-11)15(17,18)19)14(22)21-9-10-1-3-20-4-2-10/h5-7,10,20H,1-4,8-9H2,(H,21,22). The number of rotatable bonds is 4. The minimum absolute atomic E-state index is 0.151. The number of carbonyl (C=O) groups is 1. The van der Waals surface area contributed by atoms with Crippen LogP contribution < -0.4 is 10.6 Å². The number of amides is 1. The molecular formula is C15H18F4N2O. The summed E-state index contributed by atoms with van der Waals surface area (Å²) in [5.74, 6) is -0.282. The molecule has 0 aromatic heterocycles. The van der Waals surface area contributed by atoms with Crippen LogP contribution >= 0.6 is 0 Å². The summed E-state index contributed by atoms with van der Waals surface area (Å²) in [6.07, 6.45) is -2.77. The third kappa shape index (κ3) is 4.43. The summed E-state index contributed by atoms with van der Waals surface area (Å²) in [6, 6.07) is 2.65. The number of piperidine rings is 1. The van der Waals surface area contributed by atoms with Gasteiger partial charge in [0.1, 0.15) is 6.67 Å². The highest BCUT2D eigenvalue weighted by molar-refractivity contribution is 5.94. The van der Waals surface area contributed by atoms with Gasteiger partial charge in [-0.15, -0.1) is 0 Å². The Hall–Kier alpha value is -1.63. The summed E-state index contributed by atoms with van der Waals surface area (Å²) in [7, 11) is 0. The van der Waals surface area contributed by atoms with Crippen LogP contribution in [0.25, 0.3) is 0 Å². The van der Waals surface area contributed by atoms with Crippen molar-refractivity contribution in [1.82, 2.24) is 10.6 Å². The van der Waals surface area contributed by atoms with Crippen molar-refractivity contribution in [3.63, 3.8) is 0 Å². The van der Waals surface area contributed by atoms with Crippen molar-refractivity contribution < 1.29 is 22.4 Å². The molecule has 1 aromatic carbocycles. The monoisotopic (exact) mass is 318 g/mol. The molecule has 1 heterocycles. The van der Waals surface area contributed by atoms with Gasteiger partial charge in [0.05, 0.1) is 5.56 Å². The highest BCUT2D eigenvalue weighted by Crippen LogP contribution is 2.31. The zero-order valence-electron chi connectivity index (χ0n) is 12.0. The molecule has 0 radical (unpaired) electrons. The van der Waals surface area contributed by atoms with Gasteiger partial charge in [0.2, 0.25) is 0 Å². The summed E-state index contributed by atoms with van der Waals surface area (Å²) in [4.78, 5) is 12.0. The van der Waals surface area contributed by atoms with Gasteiger partial charge in [-0.3, -0.25) is 4.79 Å². The van der Waals surface area contributed by atoms with Crippen molar-refractivity contribution >= 4 is 5.91 Å². The van der Waals surface area contributed by atoms with Crippen LogP contribution in [0.4, 0.5) is 17.6 Å². The van der Waals surface area contributed by atoms with E-state index in [-0.39, 0.29) is 11.1 Å². The lowest BCUT2D eigenvalue weighted by molar-refractivity contribution is -0.137. The molecule has 0 saturated carbocycles. The van der Waals surface area contributed by atoms with E-state index in [1.807, 2.05) is 0 Å². The number of hydrogen-bond donors (Lipinski definition) is 2. The third-order valence-corrected chi connectivity index (χ3v) is 3.75. The molecule has 3 nitrogen and oxygen atoms in total. The molecule has 7 heteroatoms. The molecular weight excluding hydrogens is 300 g/mol. The fourth-order valence-electron chi connectivity index (χ4n) is 2.49. The lowest BCUT2D eigenvalue weighted by Gasteiger charge is -2.22. The lowest BCUT2D eigenvalue weighted by Crippen LogP contribution is -2.36. The molecule has 0 unspecified atom stereocenters. The Morgan fingerprint density at radius 2 is 1.91 bits per heavy atom. The van der Waals surface area contributed by atoms with Gasteiger partial charge in [0, 0.05) is 12.1 Å². The van der Waals surface area contributed by atoms with Crippen LogP contribution in [-0.2, 0) is 12.9 Å². The van der Waals surface area contributed by atoms with E-state index < -0.39 is 24.3 Å². The maximum absolute atomic E-state index is 12.8. The van der Waals surface area contributed by atoms with Crippen molar-refractivity contribution in [3.8, 4) is 0 Å². The zero-order chi connectivity index (χ0) is 16.2. The number of benzene rings is 1. The number of halogens is 4. The Morgan fingerprint density at radius 1 is 1.23 bits per heavy atom. The summed E-state index contributed by atoms with van der Waals surface area (Å²) in [5.41, 5.74) is -1.31. The largest absolute Gasteiger partial charge is 0.416 e. The molecule has 2 N–H and O–H groups in total. The molecule has 2 rings (SSSR count). The molecule has 0 spiro atoms. The highest BCUT2D eigenvalue weighted by atomic mass is 19.4. The molecule has 1 fully saturated rings. The average molecular weight is 318 g/mol. The van der Waals surface area contributed by atoms with Gasteiger partial charge in [-0.2, -0.15) is 13.2 Å². The SMILES string of the molecule is O=C(NCC1CCNCC1)c1cc(CF)cc(C(F)(F)F)c1. The molecule has 0 aliphatic carbocycles. The summed E-state index contributed by atoms with van der Waals surface area (Å²) in [5, 5.41) is 5.84. The molecule has 0 bridgehead atoms. The normalized spacial score (nSPS) is 16.5. The second-order valence-corrected chi connectivity index (χ2v) is 5.45. The van der Waals surface area contributed by atoms with Crippen LogP contribution in [0.2, 0.25) is 0 Å². The number of nitrogens with one attached hydrogen (secondary N) is 2. The van der Waals surface area contributed by atoms with Crippen molar-refractivity contribution in [1.29, 1.82) is 0 Å². The molecule has 1 amide bonds. The van der Waals surface area contributed by atoms with Gasteiger partial charge in [-0.05, 0) is 55.6 Å². The van der Waals surface area contributed by atoms with Gasteiger partial charge in [-0.25, -0.2) is 4.39 Å². The Labute approximate surface area is 126 Å². The van der Waals surface area contributed by atoms with Crippen molar-refractivity contribution in [2.24, 2.45) is 5.92 Å². The van der Waals surface area contributed by atoms with Crippen LogP contribution in [0.3, 0.4) is 0 Å². The van der Waals surface area contributed by atoms with Crippen LogP contribution in [-0.4, -0.2) is 25.5 Å². The van der Waals surface area contributed by atoms with Crippen LogP contribution in [0.1, 0.15) is 34.3 Å². The van der Waals surface area contributed by atoms with Crippen molar-refractivity contribution in [2.45, 2.75) is 25.7 Å². The van der Waals surface area contributed by atoms with E-state index in [0.717, 1.165) is 44.1 Å². The minimum Gasteiger partial charge on any atom is -0.352 e.